The highest BCUT2D eigenvalue weighted by molar-refractivity contribution is 5.87. The highest BCUT2D eigenvalue weighted by Crippen LogP contribution is 2.73. The van der Waals surface area contributed by atoms with Gasteiger partial charge in [0.1, 0.15) is 6.10 Å². The molecule has 0 unspecified atom stereocenters. The van der Waals surface area contributed by atoms with E-state index in [1.165, 1.54) is 19.3 Å². The zero-order valence-corrected chi connectivity index (χ0v) is 20.3. The lowest BCUT2D eigenvalue weighted by Crippen LogP contribution is -2.69. The van der Waals surface area contributed by atoms with Crippen molar-refractivity contribution in [3.63, 3.8) is 0 Å². The van der Waals surface area contributed by atoms with Gasteiger partial charge in [0.15, 0.2) is 0 Å². The molecular formula is C29H40O3. The van der Waals surface area contributed by atoms with Crippen LogP contribution in [-0.2, 0) is 9.53 Å². The third-order valence-corrected chi connectivity index (χ3v) is 10.4. The van der Waals surface area contributed by atoms with E-state index < -0.39 is 5.60 Å². The van der Waals surface area contributed by atoms with Crippen LogP contribution in [0.5, 0.6) is 0 Å². The fourth-order valence-electron chi connectivity index (χ4n) is 8.96. The summed E-state index contributed by atoms with van der Waals surface area (Å²) in [5.74, 6) is 1.23. The second-order valence-electron chi connectivity index (χ2n) is 12.6. The third-order valence-electron chi connectivity index (χ3n) is 10.4. The van der Waals surface area contributed by atoms with Crippen LogP contribution in [0, 0.1) is 34.0 Å². The molecule has 3 heteroatoms. The first-order chi connectivity index (χ1) is 15.1. The van der Waals surface area contributed by atoms with E-state index in [0.717, 1.165) is 37.7 Å². The monoisotopic (exact) mass is 436 g/mol. The average Bonchev–Trinajstić information content (AvgIpc) is 2.73. The number of benzene rings is 1. The predicted molar refractivity (Wildman–Crippen MR) is 128 cm³/mol. The quantitative estimate of drug-likeness (QED) is 0.440. The molecule has 6 rings (SSSR count). The minimum atomic E-state index is -0.646. The molecule has 7 atom stereocenters. The van der Waals surface area contributed by atoms with Crippen molar-refractivity contribution in [2.75, 3.05) is 0 Å². The molecule has 1 aromatic rings. The first-order valence-electron chi connectivity index (χ1n) is 12.7. The van der Waals surface area contributed by atoms with E-state index in [0.29, 0.717) is 17.8 Å². The molecule has 5 fully saturated rings. The van der Waals surface area contributed by atoms with Crippen molar-refractivity contribution in [1.82, 2.24) is 0 Å². The molecule has 1 aromatic carbocycles. The number of ether oxygens (including phenoxy) is 1. The van der Waals surface area contributed by atoms with E-state index in [1.54, 1.807) is 6.08 Å². The Morgan fingerprint density at radius 2 is 1.78 bits per heavy atom. The topological polar surface area (TPSA) is 46.5 Å². The summed E-state index contributed by atoms with van der Waals surface area (Å²) < 4.78 is 6.35. The Morgan fingerprint density at radius 3 is 2.50 bits per heavy atom. The van der Waals surface area contributed by atoms with E-state index in [-0.39, 0.29) is 28.3 Å². The number of esters is 1. The normalized spacial score (nSPS) is 44.7. The van der Waals surface area contributed by atoms with Gasteiger partial charge in [0.05, 0.1) is 5.60 Å². The van der Waals surface area contributed by atoms with Crippen LogP contribution in [0.15, 0.2) is 36.4 Å². The maximum atomic E-state index is 13.0. The summed E-state index contributed by atoms with van der Waals surface area (Å²) in [7, 11) is 0. The number of carbonyl (C=O) groups is 1. The predicted octanol–water partition coefficient (Wildman–Crippen LogP) is 6.41. The maximum Gasteiger partial charge on any atom is 0.331 e. The molecule has 174 valence electrons. The van der Waals surface area contributed by atoms with Gasteiger partial charge in [0, 0.05) is 11.5 Å². The highest BCUT2D eigenvalue weighted by atomic mass is 16.5. The van der Waals surface area contributed by atoms with Crippen LogP contribution >= 0.6 is 0 Å². The molecule has 0 aromatic heterocycles. The number of aliphatic hydroxyl groups is 1. The summed E-state index contributed by atoms with van der Waals surface area (Å²) in [4.78, 5) is 13.0. The van der Waals surface area contributed by atoms with Crippen molar-refractivity contribution in [2.45, 2.75) is 90.8 Å². The highest BCUT2D eigenvalue weighted by Gasteiger charge is 2.69. The lowest BCUT2D eigenvalue weighted by molar-refractivity contribution is -0.271. The summed E-state index contributed by atoms with van der Waals surface area (Å²) >= 11 is 0. The molecular weight excluding hydrogens is 396 g/mol. The molecule has 5 saturated carbocycles. The number of rotatable bonds is 3. The largest absolute Gasteiger partial charge is 0.459 e. The molecule has 2 bridgehead atoms. The summed E-state index contributed by atoms with van der Waals surface area (Å²) in [5.41, 5.74) is 0.809. The zero-order valence-electron chi connectivity index (χ0n) is 20.3. The van der Waals surface area contributed by atoms with Crippen LogP contribution < -0.4 is 0 Å². The average molecular weight is 437 g/mol. The Balaban J connectivity index is 1.48. The standard InChI is InChI=1S/C29H40O3/c1-26(2)14-8-15-27(3)22(26)18-24(32-25(30)12-11-20-9-6-5-7-10-20)29-16-13-21(17-23(27)29)28(4,31)19-29/h5-7,9-12,21-24,31H,8,13-19H2,1-4H3/b12-11+/t21-,22+,23-,24+,27+,28+,29+/m0/s1. The third kappa shape index (κ3) is 3.38. The van der Waals surface area contributed by atoms with Crippen LogP contribution in [-0.4, -0.2) is 22.8 Å². The second-order valence-corrected chi connectivity index (χ2v) is 12.6. The molecule has 0 radical (unpaired) electrons. The maximum absolute atomic E-state index is 13.0. The Morgan fingerprint density at radius 1 is 1.03 bits per heavy atom. The molecule has 0 amide bonds. The van der Waals surface area contributed by atoms with Gasteiger partial charge in [-0.05, 0) is 92.1 Å². The van der Waals surface area contributed by atoms with Gasteiger partial charge in [0.25, 0.3) is 0 Å². The summed E-state index contributed by atoms with van der Waals surface area (Å²) in [6.45, 7) is 9.42. The lowest BCUT2D eigenvalue weighted by Gasteiger charge is -2.71. The van der Waals surface area contributed by atoms with Crippen LogP contribution in [0.25, 0.3) is 6.08 Å². The SMILES string of the molecule is CC1(C)CCC[C@]2(C)[C@@H]1C[C@@H](OC(=O)/C=C/c1ccccc1)[C@@]13CC[C@@H](C[C@@H]21)[C@](C)(O)C3. The smallest absolute Gasteiger partial charge is 0.331 e. The van der Waals surface area contributed by atoms with E-state index in [2.05, 4.69) is 20.8 Å². The lowest BCUT2D eigenvalue weighted by atomic mass is 9.35. The minimum Gasteiger partial charge on any atom is -0.459 e. The number of fused-ring (bicyclic) bond motifs is 3. The summed E-state index contributed by atoms with van der Waals surface area (Å²) in [6.07, 6.45) is 12.1. The van der Waals surface area contributed by atoms with Crippen molar-refractivity contribution < 1.29 is 14.6 Å². The van der Waals surface area contributed by atoms with Gasteiger partial charge < -0.3 is 9.84 Å². The van der Waals surface area contributed by atoms with Gasteiger partial charge in [-0.2, -0.15) is 0 Å². The Hall–Kier alpha value is -1.61. The van der Waals surface area contributed by atoms with Crippen molar-refractivity contribution in [3.05, 3.63) is 42.0 Å². The summed E-state index contributed by atoms with van der Waals surface area (Å²) in [5, 5.41) is 11.3. The van der Waals surface area contributed by atoms with Gasteiger partial charge in [-0.1, -0.05) is 57.5 Å². The molecule has 0 aliphatic heterocycles. The first kappa shape index (κ1) is 22.2. The molecule has 5 aliphatic carbocycles. The molecule has 32 heavy (non-hydrogen) atoms. The zero-order chi connectivity index (χ0) is 22.8. The van der Waals surface area contributed by atoms with E-state index in [9.17, 15) is 9.90 Å². The number of carbonyl (C=O) groups excluding carboxylic acids is 1. The van der Waals surface area contributed by atoms with Gasteiger partial charge in [0.2, 0.25) is 0 Å². The van der Waals surface area contributed by atoms with Crippen molar-refractivity contribution in [1.29, 1.82) is 0 Å². The number of hydrogen-bond acceptors (Lipinski definition) is 3. The fraction of sp³-hybridized carbons (Fsp3) is 0.690. The van der Waals surface area contributed by atoms with Crippen LogP contribution in [0.1, 0.15) is 84.6 Å². The van der Waals surface area contributed by atoms with Gasteiger partial charge >= 0.3 is 5.97 Å². The number of hydrogen-bond donors (Lipinski definition) is 1. The molecule has 1 spiro atoms. The van der Waals surface area contributed by atoms with Crippen molar-refractivity contribution in [2.24, 2.45) is 34.0 Å². The van der Waals surface area contributed by atoms with E-state index in [1.807, 2.05) is 43.3 Å². The minimum absolute atomic E-state index is 0.0901. The first-order valence-corrected chi connectivity index (χ1v) is 12.7. The molecule has 5 aliphatic rings. The molecule has 0 heterocycles. The van der Waals surface area contributed by atoms with Crippen LogP contribution in [0.2, 0.25) is 0 Å². The van der Waals surface area contributed by atoms with Gasteiger partial charge in [-0.3, -0.25) is 0 Å². The Labute approximate surface area is 193 Å². The van der Waals surface area contributed by atoms with Gasteiger partial charge in [-0.15, -0.1) is 0 Å². The molecule has 1 N–H and O–H groups in total. The van der Waals surface area contributed by atoms with Crippen molar-refractivity contribution >= 4 is 12.0 Å². The van der Waals surface area contributed by atoms with Crippen LogP contribution in [0.3, 0.4) is 0 Å². The fourth-order valence-corrected chi connectivity index (χ4v) is 8.96. The Kier molecular flexibility index (Phi) is 5.17. The van der Waals surface area contributed by atoms with E-state index in [4.69, 9.17) is 4.74 Å². The van der Waals surface area contributed by atoms with E-state index >= 15 is 0 Å². The molecule has 0 saturated heterocycles. The second kappa shape index (κ2) is 7.45. The van der Waals surface area contributed by atoms with Crippen molar-refractivity contribution in [3.8, 4) is 0 Å². The summed E-state index contributed by atoms with van der Waals surface area (Å²) in [6, 6.07) is 9.92. The van der Waals surface area contributed by atoms with Gasteiger partial charge in [-0.25, -0.2) is 4.79 Å². The van der Waals surface area contributed by atoms with Crippen LogP contribution in [0.4, 0.5) is 0 Å². The molecule has 3 nitrogen and oxygen atoms in total. The Bertz CT molecular complexity index is 900.